The Morgan fingerprint density at radius 3 is 2.71 bits per heavy atom. The minimum atomic E-state index is -3.88. The maximum atomic E-state index is 12.7. The van der Waals surface area contributed by atoms with Crippen LogP contribution >= 0.6 is 22.9 Å². The van der Waals surface area contributed by atoms with Crippen molar-refractivity contribution in [3.05, 3.63) is 54.1 Å². The van der Waals surface area contributed by atoms with Crippen molar-refractivity contribution >= 4 is 49.7 Å². The van der Waals surface area contributed by atoms with Crippen LogP contribution in [0.25, 0.3) is 21.8 Å². The van der Waals surface area contributed by atoms with Gasteiger partial charge in [0.1, 0.15) is 11.2 Å². The number of furan rings is 1. The summed E-state index contributed by atoms with van der Waals surface area (Å²) in [5.74, 6) is 0.137. The average Bonchev–Trinajstić information content (AvgIpc) is 3.52. The largest absolute Gasteiger partial charge is 0.471 e. The Hall–Kier alpha value is -3.19. The van der Waals surface area contributed by atoms with Gasteiger partial charge in [-0.1, -0.05) is 35.1 Å². The summed E-state index contributed by atoms with van der Waals surface area (Å²) >= 11 is 8.17. The zero-order valence-electron chi connectivity index (χ0n) is 17.6. The van der Waals surface area contributed by atoms with Gasteiger partial charge >= 0.3 is 0 Å². The molecule has 0 unspecified atom stereocenters. The van der Waals surface area contributed by atoms with E-state index in [1.54, 1.807) is 30.5 Å². The Morgan fingerprint density at radius 1 is 1.15 bits per heavy atom. The predicted octanol–water partition coefficient (Wildman–Crippen LogP) is 3.73. The first-order valence-electron chi connectivity index (χ1n) is 10.2. The van der Waals surface area contributed by atoms with Gasteiger partial charge in [0.2, 0.25) is 5.95 Å². The highest BCUT2D eigenvalue weighted by molar-refractivity contribution is 7.92. The second-order valence-electron chi connectivity index (χ2n) is 7.31. The predicted molar refractivity (Wildman–Crippen MR) is 131 cm³/mol. The van der Waals surface area contributed by atoms with Gasteiger partial charge in [-0.05, 0) is 18.2 Å². The number of nitrogens with two attached hydrogens (primary N) is 1. The number of nitrogens with one attached hydrogen (secondary N) is 1. The van der Waals surface area contributed by atoms with Crippen molar-refractivity contribution in [2.45, 2.75) is 4.90 Å². The lowest BCUT2D eigenvalue weighted by molar-refractivity contribution is 0.122. The monoisotopic (exact) mass is 518 g/mol. The SMILES string of the molecule is Nc1nccc(-c2sc(N3CCOCC3)nc2-c2cccc(NS(=O)(=O)c3ccoc3)c2Cl)n1. The maximum absolute atomic E-state index is 12.7. The fourth-order valence-corrected chi connectivity index (χ4v) is 5.87. The van der Waals surface area contributed by atoms with Gasteiger partial charge in [0, 0.05) is 24.8 Å². The molecule has 0 radical (unpaired) electrons. The minimum absolute atomic E-state index is 0.00520. The number of halogens is 1. The second-order valence-corrected chi connectivity index (χ2v) is 10.3. The van der Waals surface area contributed by atoms with Crippen molar-refractivity contribution in [2.75, 3.05) is 41.7 Å². The maximum Gasteiger partial charge on any atom is 0.265 e. The molecule has 3 aromatic heterocycles. The number of thiazole rings is 1. The summed E-state index contributed by atoms with van der Waals surface area (Å²) < 4.78 is 38.3. The molecule has 1 aliphatic heterocycles. The van der Waals surface area contributed by atoms with Crippen LogP contribution in [0.15, 0.2) is 58.4 Å². The summed E-state index contributed by atoms with van der Waals surface area (Å²) in [7, 11) is -3.88. The Balaban J connectivity index is 1.60. The summed E-state index contributed by atoms with van der Waals surface area (Å²) in [6, 6.07) is 8.17. The van der Waals surface area contributed by atoms with Gasteiger partial charge < -0.3 is 19.8 Å². The average molecular weight is 519 g/mol. The number of hydrogen-bond acceptors (Lipinski definition) is 10. The van der Waals surface area contributed by atoms with Gasteiger partial charge in [0.25, 0.3) is 10.0 Å². The number of ether oxygens (including phenoxy) is 1. The molecule has 0 amide bonds. The van der Waals surface area contributed by atoms with Crippen LogP contribution in [-0.4, -0.2) is 49.7 Å². The Morgan fingerprint density at radius 2 is 1.97 bits per heavy atom. The minimum Gasteiger partial charge on any atom is -0.471 e. The van der Waals surface area contributed by atoms with E-state index in [9.17, 15) is 8.42 Å². The summed E-state index contributed by atoms with van der Waals surface area (Å²) in [5, 5.41) is 0.989. The van der Waals surface area contributed by atoms with E-state index in [1.807, 2.05) is 0 Å². The fraction of sp³-hybridized carbons (Fsp3) is 0.190. The summed E-state index contributed by atoms with van der Waals surface area (Å²) in [6.07, 6.45) is 4.01. The van der Waals surface area contributed by atoms with Gasteiger partial charge in [-0.15, -0.1) is 0 Å². The molecule has 4 aromatic rings. The van der Waals surface area contributed by atoms with Crippen molar-refractivity contribution in [3.63, 3.8) is 0 Å². The molecule has 176 valence electrons. The van der Waals surface area contributed by atoms with Gasteiger partial charge in [-0.2, -0.15) is 0 Å². The molecule has 0 atom stereocenters. The number of anilines is 3. The zero-order valence-corrected chi connectivity index (χ0v) is 20.0. The number of morpholine rings is 1. The first-order chi connectivity index (χ1) is 16.4. The molecular formula is C21H19ClN6O4S2. The molecular weight excluding hydrogens is 500 g/mol. The fourth-order valence-electron chi connectivity index (χ4n) is 3.46. The number of benzene rings is 1. The van der Waals surface area contributed by atoms with E-state index in [-0.39, 0.29) is 21.6 Å². The van der Waals surface area contributed by atoms with Crippen LogP contribution < -0.4 is 15.4 Å². The molecule has 0 saturated carbocycles. The van der Waals surface area contributed by atoms with Crippen LogP contribution in [0.4, 0.5) is 16.8 Å². The molecule has 1 fully saturated rings. The number of aromatic nitrogens is 3. The molecule has 4 heterocycles. The first-order valence-corrected chi connectivity index (χ1v) is 12.9. The van der Waals surface area contributed by atoms with Crippen LogP contribution in [-0.2, 0) is 14.8 Å². The van der Waals surface area contributed by atoms with Crippen molar-refractivity contribution in [1.82, 2.24) is 15.0 Å². The van der Waals surface area contributed by atoms with Crippen molar-refractivity contribution < 1.29 is 17.6 Å². The van der Waals surface area contributed by atoms with Gasteiger partial charge in [0.15, 0.2) is 5.13 Å². The standard InChI is InChI=1S/C21H19ClN6O4S2/c22-17-14(2-1-3-15(17)27-34(29,30)13-5-9-32-12-13)18-19(16-4-6-24-20(23)25-16)33-21(26-18)28-7-10-31-11-8-28/h1-6,9,12,27H,7-8,10-11H2,(H2,23,24,25). The van der Waals surface area contributed by atoms with E-state index in [0.717, 1.165) is 16.3 Å². The number of nitrogens with zero attached hydrogens (tertiary/aromatic N) is 4. The highest BCUT2D eigenvalue weighted by Gasteiger charge is 2.25. The highest BCUT2D eigenvalue weighted by Crippen LogP contribution is 2.44. The summed E-state index contributed by atoms with van der Waals surface area (Å²) in [6.45, 7) is 2.63. The van der Waals surface area contributed by atoms with E-state index in [0.29, 0.717) is 43.3 Å². The zero-order chi connectivity index (χ0) is 23.7. The van der Waals surface area contributed by atoms with Crippen molar-refractivity contribution in [2.24, 2.45) is 0 Å². The molecule has 34 heavy (non-hydrogen) atoms. The highest BCUT2D eigenvalue weighted by atomic mass is 35.5. The third-order valence-electron chi connectivity index (χ3n) is 5.11. The number of rotatable bonds is 6. The molecule has 1 saturated heterocycles. The molecule has 3 N–H and O–H groups in total. The van der Waals surface area contributed by atoms with E-state index in [1.165, 1.54) is 23.7 Å². The lowest BCUT2D eigenvalue weighted by Crippen LogP contribution is -2.36. The first kappa shape index (κ1) is 22.6. The van der Waals surface area contributed by atoms with Crippen LogP contribution in [0, 0.1) is 0 Å². The van der Waals surface area contributed by atoms with Crippen molar-refractivity contribution in [1.29, 1.82) is 0 Å². The molecule has 0 spiro atoms. The van der Waals surface area contributed by atoms with E-state index in [2.05, 4.69) is 19.6 Å². The third-order valence-corrected chi connectivity index (χ3v) is 8.00. The molecule has 5 rings (SSSR count). The van der Waals surface area contributed by atoms with Crippen LogP contribution in [0.3, 0.4) is 0 Å². The third kappa shape index (κ3) is 4.44. The van der Waals surface area contributed by atoms with Gasteiger partial charge in [0.05, 0.1) is 46.5 Å². The number of sulfonamides is 1. The van der Waals surface area contributed by atoms with Crippen LogP contribution in [0.5, 0.6) is 0 Å². The topological polar surface area (TPSA) is 136 Å². The number of nitrogen functional groups attached to an aromatic ring is 1. The molecule has 0 aliphatic carbocycles. The second kappa shape index (κ2) is 9.22. The molecule has 13 heteroatoms. The van der Waals surface area contributed by atoms with Crippen LogP contribution in [0.2, 0.25) is 5.02 Å². The molecule has 1 aromatic carbocycles. The van der Waals surface area contributed by atoms with Crippen LogP contribution in [0.1, 0.15) is 0 Å². The lowest BCUT2D eigenvalue weighted by atomic mass is 10.1. The smallest absolute Gasteiger partial charge is 0.265 e. The van der Waals surface area contributed by atoms with E-state index >= 15 is 0 Å². The van der Waals surface area contributed by atoms with Crippen molar-refractivity contribution in [3.8, 4) is 21.8 Å². The van der Waals surface area contributed by atoms with Gasteiger partial charge in [-0.3, -0.25) is 4.72 Å². The van der Waals surface area contributed by atoms with E-state index < -0.39 is 10.0 Å². The summed E-state index contributed by atoms with van der Waals surface area (Å²) in [5.41, 5.74) is 7.76. The van der Waals surface area contributed by atoms with Gasteiger partial charge in [-0.25, -0.2) is 23.4 Å². The Labute approximate surface area is 204 Å². The lowest BCUT2D eigenvalue weighted by Gasteiger charge is -2.26. The normalized spacial score (nSPS) is 14.3. The summed E-state index contributed by atoms with van der Waals surface area (Å²) in [4.78, 5) is 16.1. The Bertz CT molecular complexity index is 1420. The molecule has 0 bridgehead atoms. The molecule has 10 nitrogen and oxygen atoms in total. The quantitative estimate of drug-likeness (QED) is 0.391. The Kier molecular flexibility index (Phi) is 6.13. The van der Waals surface area contributed by atoms with E-state index in [4.69, 9.17) is 31.5 Å². The molecule has 1 aliphatic rings. The number of hydrogen-bond donors (Lipinski definition) is 2.